The first kappa shape index (κ1) is 11.1. The second-order valence-corrected chi connectivity index (χ2v) is 5.65. The van der Waals surface area contributed by atoms with E-state index in [1.807, 2.05) is 5.51 Å². The highest BCUT2D eigenvalue weighted by Gasteiger charge is 2.18. The van der Waals surface area contributed by atoms with Gasteiger partial charge in [-0.1, -0.05) is 19.8 Å². The predicted molar refractivity (Wildman–Crippen MR) is 65.1 cm³/mol. The quantitative estimate of drug-likeness (QED) is 0.853. The van der Waals surface area contributed by atoms with Crippen LogP contribution in [0, 0.1) is 12.8 Å². The van der Waals surface area contributed by atoms with Gasteiger partial charge in [0.05, 0.1) is 11.2 Å². The van der Waals surface area contributed by atoms with Crippen LogP contribution >= 0.6 is 11.3 Å². The SMILES string of the molecule is Cc1ncsc1CNC1CCCC(C)C1. The van der Waals surface area contributed by atoms with Crippen molar-refractivity contribution in [3.05, 3.63) is 16.1 Å². The Balaban J connectivity index is 1.80. The fourth-order valence-electron chi connectivity index (χ4n) is 2.35. The third kappa shape index (κ3) is 3.02. The summed E-state index contributed by atoms with van der Waals surface area (Å²) in [5, 5.41) is 3.67. The lowest BCUT2D eigenvalue weighted by molar-refractivity contribution is 0.301. The molecule has 1 aromatic rings. The van der Waals surface area contributed by atoms with Gasteiger partial charge in [-0.25, -0.2) is 4.98 Å². The monoisotopic (exact) mass is 224 g/mol. The minimum absolute atomic E-state index is 0.732. The van der Waals surface area contributed by atoms with E-state index in [-0.39, 0.29) is 0 Å². The molecular formula is C12H20N2S. The lowest BCUT2D eigenvalue weighted by Crippen LogP contribution is -2.32. The summed E-state index contributed by atoms with van der Waals surface area (Å²) in [6.07, 6.45) is 5.50. The van der Waals surface area contributed by atoms with Gasteiger partial charge in [0.15, 0.2) is 0 Å². The fourth-order valence-corrected chi connectivity index (χ4v) is 3.08. The number of aryl methyl sites for hydroxylation is 1. The van der Waals surface area contributed by atoms with Gasteiger partial charge in [-0.15, -0.1) is 11.3 Å². The van der Waals surface area contributed by atoms with E-state index in [4.69, 9.17) is 0 Å². The summed E-state index contributed by atoms with van der Waals surface area (Å²) in [6.45, 7) is 5.47. The van der Waals surface area contributed by atoms with Gasteiger partial charge in [0.25, 0.3) is 0 Å². The van der Waals surface area contributed by atoms with Crippen LogP contribution < -0.4 is 5.32 Å². The molecule has 2 unspecified atom stereocenters. The lowest BCUT2D eigenvalue weighted by atomic mass is 9.87. The molecule has 1 N–H and O–H groups in total. The topological polar surface area (TPSA) is 24.9 Å². The van der Waals surface area contributed by atoms with Crippen molar-refractivity contribution in [2.24, 2.45) is 5.92 Å². The van der Waals surface area contributed by atoms with E-state index in [0.29, 0.717) is 0 Å². The Bertz CT molecular complexity index is 308. The number of hydrogen-bond acceptors (Lipinski definition) is 3. The van der Waals surface area contributed by atoms with Gasteiger partial charge in [0.1, 0.15) is 0 Å². The number of thiazole rings is 1. The molecule has 2 rings (SSSR count). The number of nitrogens with one attached hydrogen (secondary N) is 1. The third-order valence-corrected chi connectivity index (χ3v) is 4.27. The van der Waals surface area contributed by atoms with Gasteiger partial charge < -0.3 is 5.32 Å². The minimum atomic E-state index is 0.732. The molecule has 2 atom stereocenters. The first-order chi connectivity index (χ1) is 7.25. The van der Waals surface area contributed by atoms with Crippen molar-refractivity contribution in [3.63, 3.8) is 0 Å². The van der Waals surface area contributed by atoms with Crippen LogP contribution in [0.5, 0.6) is 0 Å². The van der Waals surface area contributed by atoms with Gasteiger partial charge in [0, 0.05) is 17.5 Å². The minimum Gasteiger partial charge on any atom is -0.309 e. The van der Waals surface area contributed by atoms with Gasteiger partial charge in [-0.05, 0) is 25.7 Å². The van der Waals surface area contributed by atoms with Crippen LogP contribution in [0.15, 0.2) is 5.51 Å². The average Bonchev–Trinajstić information content (AvgIpc) is 2.61. The van der Waals surface area contributed by atoms with E-state index in [2.05, 4.69) is 24.1 Å². The van der Waals surface area contributed by atoms with Gasteiger partial charge in [-0.3, -0.25) is 0 Å². The van der Waals surface area contributed by atoms with E-state index >= 15 is 0 Å². The molecular weight excluding hydrogens is 204 g/mol. The molecule has 1 aromatic heterocycles. The van der Waals surface area contributed by atoms with Crippen molar-refractivity contribution < 1.29 is 0 Å². The van der Waals surface area contributed by atoms with Crippen molar-refractivity contribution in [2.45, 2.75) is 52.1 Å². The molecule has 1 aliphatic rings. The Kier molecular flexibility index (Phi) is 3.76. The second kappa shape index (κ2) is 5.08. The molecule has 0 spiro atoms. The summed E-state index contributed by atoms with van der Waals surface area (Å²) in [5.74, 6) is 0.902. The van der Waals surface area contributed by atoms with E-state index in [0.717, 1.165) is 18.5 Å². The Morgan fingerprint density at radius 3 is 3.07 bits per heavy atom. The maximum atomic E-state index is 4.27. The lowest BCUT2D eigenvalue weighted by Gasteiger charge is -2.27. The van der Waals surface area contributed by atoms with Gasteiger partial charge in [-0.2, -0.15) is 0 Å². The molecule has 0 saturated heterocycles. The highest BCUT2D eigenvalue weighted by molar-refractivity contribution is 7.09. The average molecular weight is 224 g/mol. The van der Waals surface area contributed by atoms with Gasteiger partial charge in [0.2, 0.25) is 0 Å². The molecule has 0 aromatic carbocycles. The summed E-state index contributed by atoms with van der Waals surface area (Å²) < 4.78 is 0. The summed E-state index contributed by atoms with van der Waals surface area (Å²) in [7, 11) is 0. The number of nitrogens with zero attached hydrogens (tertiary/aromatic N) is 1. The second-order valence-electron chi connectivity index (χ2n) is 4.71. The molecule has 1 fully saturated rings. The molecule has 84 valence electrons. The Labute approximate surface area is 96.1 Å². The van der Waals surface area contributed by atoms with Crippen LogP contribution in [0.1, 0.15) is 43.2 Å². The standard InChI is InChI=1S/C12H20N2S/c1-9-4-3-5-11(6-9)13-7-12-10(2)14-8-15-12/h8-9,11,13H,3-7H2,1-2H3. The van der Waals surface area contributed by atoms with E-state index in [9.17, 15) is 0 Å². The van der Waals surface area contributed by atoms with Gasteiger partial charge >= 0.3 is 0 Å². The number of hydrogen-bond donors (Lipinski definition) is 1. The zero-order valence-electron chi connectivity index (χ0n) is 9.62. The summed E-state index contributed by atoms with van der Waals surface area (Å²) in [4.78, 5) is 5.67. The van der Waals surface area contributed by atoms with Crippen molar-refractivity contribution in [1.29, 1.82) is 0 Å². The van der Waals surface area contributed by atoms with Crippen LogP contribution in [0.25, 0.3) is 0 Å². The largest absolute Gasteiger partial charge is 0.309 e. The molecule has 1 saturated carbocycles. The first-order valence-corrected chi connectivity index (χ1v) is 6.76. The molecule has 0 bridgehead atoms. The maximum absolute atomic E-state index is 4.27. The smallest absolute Gasteiger partial charge is 0.0798 e. The normalized spacial score (nSPS) is 26.8. The van der Waals surface area contributed by atoms with Crippen LogP contribution in [0.3, 0.4) is 0 Å². The molecule has 0 amide bonds. The van der Waals surface area contributed by atoms with Crippen LogP contribution in [-0.2, 0) is 6.54 Å². The Morgan fingerprint density at radius 2 is 2.40 bits per heavy atom. The van der Waals surface area contributed by atoms with E-state index < -0.39 is 0 Å². The van der Waals surface area contributed by atoms with Crippen molar-refractivity contribution in [1.82, 2.24) is 10.3 Å². The van der Waals surface area contributed by atoms with Crippen molar-refractivity contribution in [2.75, 3.05) is 0 Å². The zero-order valence-corrected chi connectivity index (χ0v) is 10.4. The fraction of sp³-hybridized carbons (Fsp3) is 0.750. The molecule has 1 aliphatic carbocycles. The zero-order chi connectivity index (χ0) is 10.7. The third-order valence-electron chi connectivity index (χ3n) is 3.33. The molecule has 3 heteroatoms. The van der Waals surface area contributed by atoms with Crippen LogP contribution in [0.2, 0.25) is 0 Å². The van der Waals surface area contributed by atoms with Crippen molar-refractivity contribution in [3.8, 4) is 0 Å². The van der Waals surface area contributed by atoms with E-state index in [1.54, 1.807) is 11.3 Å². The maximum Gasteiger partial charge on any atom is 0.0798 e. The number of rotatable bonds is 3. The number of aromatic nitrogens is 1. The molecule has 0 aliphatic heterocycles. The summed E-state index contributed by atoms with van der Waals surface area (Å²) in [5.41, 5.74) is 3.13. The first-order valence-electron chi connectivity index (χ1n) is 5.88. The van der Waals surface area contributed by atoms with Crippen LogP contribution in [0.4, 0.5) is 0 Å². The predicted octanol–water partition coefficient (Wildman–Crippen LogP) is 3.12. The molecule has 2 nitrogen and oxygen atoms in total. The molecule has 1 heterocycles. The molecule has 15 heavy (non-hydrogen) atoms. The Hall–Kier alpha value is -0.410. The molecule has 0 radical (unpaired) electrons. The Morgan fingerprint density at radius 1 is 1.53 bits per heavy atom. The highest BCUT2D eigenvalue weighted by atomic mass is 32.1. The summed E-state index contributed by atoms with van der Waals surface area (Å²) >= 11 is 1.77. The highest BCUT2D eigenvalue weighted by Crippen LogP contribution is 2.24. The van der Waals surface area contributed by atoms with E-state index in [1.165, 1.54) is 36.3 Å². The summed E-state index contributed by atoms with van der Waals surface area (Å²) in [6, 6.07) is 0.732. The van der Waals surface area contributed by atoms with Crippen molar-refractivity contribution >= 4 is 11.3 Å². The van der Waals surface area contributed by atoms with Crippen LogP contribution in [-0.4, -0.2) is 11.0 Å².